The van der Waals surface area contributed by atoms with E-state index in [1.165, 1.54) is 0 Å². The molecule has 0 radical (unpaired) electrons. The number of urea groups is 1. The third-order valence-corrected chi connectivity index (χ3v) is 4.38. The lowest BCUT2D eigenvalue weighted by atomic mass is 10.00. The number of carbonyl (C=O) groups is 3. The second kappa shape index (κ2) is 7.19. The minimum absolute atomic E-state index is 0.0190. The van der Waals surface area contributed by atoms with Gasteiger partial charge in [-0.2, -0.15) is 5.01 Å². The van der Waals surface area contributed by atoms with Crippen LogP contribution in [-0.4, -0.2) is 46.9 Å². The van der Waals surface area contributed by atoms with E-state index in [0.29, 0.717) is 18.0 Å². The summed E-state index contributed by atoms with van der Waals surface area (Å²) < 4.78 is 0. The summed E-state index contributed by atoms with van der Waals surface area (Å²) >= 11 is 6.09. The van der Waals surface area contributed by atoms with Crippen LogP contribution in [0.3, 0.4) is 0 Å². The molecule has 1 unspecified atom stereocenters. The zero-order chi connectivity index (χ0) is 17.9. The lowest BCUT2D eigenvalue weighted by Crippen LogP contribution is -2.50. The molecule has 0 spiro atoms. The molecular formula is C16H21ClN4O3. The van der Waals surface area contributed by atoms with Crippen LogP contribution in [0.25, 0.3) is 0 Å². The number of carbonyl (C=O) groups excluding carboxylic acids is 3. The first kappa shape index (κ1) is 18.2. The van der Waals surface area contributed by atoms with Crippen molar-refractivity contribution in [2.24, 2.45) is 0 Å². The van der Waals surface area contributed by atoms with Crippen molar-refractivity contribution in [1.29, 1.82) is 0 Å². The number of likely N-dealkylation sites (N-methyl/N-ethyl adjacent to an activating group) is 1. The molecule has 4 amide bonds. The highest BCUT2D eigenvalue weighted by atomic mass is 35.5. The van der Waals surface area contributed by atoms with Crippen LogP contribution in [-0.2, 0) is 16.1 Å². The zero-order valence-corrected chi connectivity index (χ0v) is 14.7. The maximum absolute atomic E-state index is 12.2. The maximum Gasteiger partial charge on any atom is 0.344 e. The third kappa shape index (κ3) is 3.85. The van der Waals surface area contributed by atoms with Gasteiger partial charge in [-0.3, -0.25) is 19.9 Å². The van der Waals surface area contributed by atoms with Crippen molar-refractivity contribution in [2.45, 2.75) is 32.4 Å². The molecule has 1 fully saturated rings. The molecule has 1 heterocycles. The Balaban J connectivity index is 1.92. The first-order valence-electron chi connectivity index (χ1n) is 7.65. The molecule has 1 saturated heterocycles. The summed E-state index contributed by atoms with van der Waals surface area (Å²) in [7, 11) is 1.75. The Bertz CT molecular complexity index is 666. The number of amides is 4. The Morgan fingerprint density at radius 1 is 1.38 bits per heavy atom. The van der Waals surface area contributed by atoms with Crippen LogP contribution in [0.4, 0.5) is 4.79 Å². The minimum atomic E-state index is -0.978. The smallest absolute Gasteiger partial charge is 0.322 e. The number of benzene rings is 1. The molecule has 1 atom stereocenters. The molecule has 0 bridgehead atoms. The topological polar surface area (TPSA) is 81.8 Å². The molecule has 1 aliphatic heterocycles. The van der Waals surface area contributed by atoms with Crippen molar-refractivity contribution in [3.05, 3.63) is 34.9 Å². The van der Waals surface area contributed by atoms with Crippen LogP contribution in [0.1, 0.15) is 25.8 Å². The molecule has 8 heteroatoms. The Hall–Kier alpha value is -2.12. The second-order valence-corrected chi connectivity index (χ2v) is 6.46. The average Bonchev–Trinajstić information content (AvgIpc) is 2.73. The molecule has 1 aromatic carbocycles. The zero-order valence-electron chi connectivity index (χ0n) is 13.9. The van der Waals surface area contributed by atoms with Crippen LogP contribution in [0.15, 0.2) is 24.3 Å². The second-order valence-electron chi connectivity index (χ2n) is 6.06. The molecule has 2 rings (SSSR count). The number of hydrazine groups is 1. The number of rotatable bonds is 6. The molecule has 0 aromatic heterocycles. The number of hydrogen-bond acceptors (Lipinski definition) is 4. The fraction of sp³-hybridized carbons (Fsp3) is 0.438. The van der Waals surface area contributed by atoms with Crippen molar-refractivity contribution < 1.29 is 14.4 Å². The first-order chi connectivity index (χ1) is 11.3. The van der Waals surface area contributed by atoms with E-state index in [-0.39, 0.29) is 6.54 Å². The Labute approximate surface area is 145 Å². The summed E-state index contributed by atoms with van der Waals surface area (Å²) in [5, 5.41) is 3.95. The van der Waals surface area contributed by atoms with Gasteiger partial charge in [-0.25, -0.2) is 4.79 Å². The predicted octanol–water partition coefficient (Wildman–Crippen LogP) is 1.52. The van der Waals surface area contributed by atoms with Crippen molar-refractivity contribution in [1.82, 2.24) is 20.7 Å². The number of halogens is 1. The van der Waals surface area contributed by atoms with Crippen molar-refractivity contribution in [2.75, 3.05) is 13.6 Å². The van der Waals surface area contributed by atoms with E-state index in [1.807, 2.05) is 18.2 Å². The van der Waals surface area contributed by atoms with Gasteiger partial charge in [0.1, 0.15) is 5.54 Å². The highest BCUT2D eigenvalue weighted by Gasteiger charge is 2.47. The minimum Gasteiger partial charge on any atom is -0.322 e. The monoisotopic (exact) mass is 352 g/mol. The third-order valence-electron chi connectivity index (χ3n) is 4.02. The molecule has 7 nitrogen and oxygen atoms in total. The number of hydrogen-bond donors (Lipinski definition) is 2. The van der Waals surface area contributed by atoms with Gasteiger partial charge in [0.2, 0.25) is 0 Å². The van der Waals surface area contributed by atoms with Crippen LogP contribution in [0.5, 0.6) is 0 Å². The molecule has 2 N–H and O–H groups in total. The molecule has 24 heavy (non-hydrogen) atoms. The van der Waals surface area contributed by atoms with Gasteiger partial charge in [0.05, 0.1) is 6.54 Å². The van der Waals surface area contributed by atoms with Crippen LogP contribution >= 0.6 is 11.6 Å². The fourth-order valence-electron chi connectivity index (χ4n) is 2.40. The van der Waals surface area contributed by atoms with Gasteiger partial charge in [0, 0.05) is 11.6 Å². The van der Waals surface area contributed by atoms with Crippen LogP contribution < -0.4 is 10.7 Å². The summed E-state index contributed by atoms with van der Waals surface area (Å²) in [5.41, 5.74) is 2.27. The Morgan fingerprint density at radius 3 is 2.62 bits per heavy atom. The Morgan fingerprint density at radius 2 is 2.04 bits per heavy atom. The standard InChI is InChI=1S/C16H21ClN4O3/c1-4-16(2)14(23)21(15(24)18-16)19-13(22)10-20(3)9-11-7-5-6-8-12(11)17/h5-8H,4,9-10H2,1-3H3,(H,18,24)(H,19,22). The van der Waals surface area contributed by atoms with Gasteiger partial charge in [-0.05, 0) is 32.0 Å². The summed E-state index contributed by atoms with van der Waals surface area (Å²) in [4.78, 5) is 37.9. The van der Waals surface area contributed by atoms with E-state index in [4.69, 9.17) is 11.6 Å². The summed E-state index contributed by atoms with van der Waals surface area (Å²) in [6, 6.07) is 6.74. The van der Waals surface area contributed by atoms with E-state index in [1.54, 1.807) is 31.9 Å². The predicted molar refractivity (Wildman–Crippen MR) is 90.0 cm³/mol. The Kier molecular flexibility index (Phi) is 5.46. The van der Waals surface area contributed by atoms with Crippen LogP contribution in [0, 0.1) is 0 Å². The molecule has 130 valence electrons. The van der Waals surface area contributed by atoms with Gasteiger partial charge < -0.3 is 5.32 Å². The quantitative estimate of drug-likeness (QED) is 0.761. The highest BCUT2D eigenvalue weighted by Crippen LogP contribution is 2.19. The number of nitrogens with zero attached hydrogens (tertiary/aromatic N) is 2. The lowest BCUT2D eigenvalue weighted by molar-refractivity contribution is -0.139. The van der Waals surface area contributed by atoms with Crippen molar-refractivity contribution in [3.63, 3.8) is 0 Å². The van der Waals surface area contributed by atoms with E-state index in [9.17, 15) is 14.4 Å². The first-order valence-corrected chi connectivity index (χ1v) is 8.02. The summed E-state index contributed by atoms with van der Waals surface area (Å²) in [6.07, 6.45) is 0.441. The summed E-state index contributed by atoms with van der Waals surface area (Å²) in [5.74, 6) is -0.912. The van der Waals surface area contributed by atoms with Gasteiger partial charge in [-0.15, -0.1) is 0 Å². The number of nitrogens with one attached hydrogen (secondary N) is 2. The van der Waals surface area contributed by atoms with Crippen molar-refractivity contribution in [3.8, 4) is 0 Å². The molecule has 1 aromatic rings. The van der Waals surface area contributed by atoms with E-state index in [2.05, 4.69) is 10.7 Å². The highest BCUT2D eigenvalue weighted by molar-refractivity contribution is 6.31. The lowest BCUT2D eigenvalue weighted by Gasteiger charge is -2.21. The van der Waals surface area contributed by atoms with Gasteiger partial charge in [0.25, 0.3) is 11.8 Å². The van der Waals surface area contributed by atoms with Gasteiger partial charge >= 0.3 is 6.03 Å². The maximum atomic E-state index is 12.2. The van der Waals surface area contributed by atoms with Gasteiger partial charge in [-0.1, -0.05) is 36.7 Å². The fourth-order valence-corrected chi connectivity index (χ4v) is 2.60. The molecule has 1 aliphatic rings. The van der Waals surface area contributed by atoms with Crippen LogP contribution in [0.2, 0.25) is 5.02 Å². The molecular weight excluding hydrogens is 332 g/mol. The summed E-state index contributed by atoms with van der Waals surface area (Å²) in [6.45, 7) is 3.91. The van der Waals surface area contributed by atoms with E-state index < -0.39 is 23.4 Å². The van der Waals surface area contributed by atoms with E-state index in [0.717, 1.165) is 10.6 Å². The SMILES string of the molecule is CCC1(C)NC(=O)N(NC(=O)CN(C)Cc2ccccc2Cl)C1=O. The van der Waals surface area contributed by atoms with Crippen molar-refractivity contribution >= 4 is 29.4 Å². The normalized spacial score (nSPS) is 20.5. The molecule has 0 saturated carbocycles. The largest absolute Gasteiger partial charge is 0.344 e. The van der Waals surface area contributed by atoms with E-state index >= 15 is 0 Å². The average molecular weight is 353 g/mol. The van der Waals surface area contributed by atoms with Gasteiger partial charge in [0.15, 0.2) is 0 Å². The number of imide groups is 1. The molecule has 0 aliphatic carbocycles.